The van der Waals surface area contributed by atoms with Gasteiger partial charge in [-0.15, -0.1) is 0 Å². The maximum absolute atomic E-state index is 12.4. The summed E-state index contributed by atoms with van der Waals surface area (Å²) in [5, 5.41) is 0. The number of carbonyl (C=O) groups excluding carboxylic acids is 1. The Bertz CT molecular complexity index is 510. The van der Waals surface area contributed by atoms with Gasteiger partial charge < -0.3 is 18.7 Å². The maximum atomic E-state index is 12.4. The van der Waals surface area contributed by atoms with E-state index in [2.05, 4.69) is 0 Å². The number of amides is 1. The molecule has 0 atom stereocenters. The summed E-state index contributed by atoms with van der Waals surface area (Å²) >= 11 is 0. The molecule has 6 nitrogen and oxygen atoms in total. The number of carbonyl (C=O) groups is 1. The molecular weight excluding hydrogens is 293 g/mol. The minimum absolute atomic E-state index is 0.225. The number of anilines is 1. The molecule has 0 N–H and O–H groups in total. The van der Waals surface area contributed by atoms with Gasteiger partial charge >= 0.3 is 7.60 Å². The van der Waals surface area contributed by atoms with E-state index in [0.29, 0.717) is 11.4 Å². The third kappa shape index (κ3) is 4.84. The van der Waals surface area contributed by atoms with E-state index in [9.17, 15) is 9.36 Å². The van der Waals surface area contributed by atoms with Gasteiger partial charge in [0.2, 0.25) is 5.91 Å². The van der Waals surface area contributed by atoms with Gasteiger partial charge in [-0.1, -0.05) is 12.1 Å². The highest BCUT2D eigenvalue weighted by Gasteiger charge is 2.30. The first-order valence-corrected chi connectivity index (χ1v) is 8.48. The molecule has 1 aromatic carbocycles. The minimum Gasteiger partial charge on any atom is -0.495 e. The molecule has 0 aliphatic rings. The Morgan fingerprint density at radius 2 is 1.76 bits per heavy atom. The van der Waals surface area contributed by atoms with Crippen LogP contribution in [-0.4, -0.2) is 39.4 Å². The highest BCUT2D eigenvalue weighted by molar-refractivity contribution is 7.54. The monoisotopic (exact) mass is 315 g/mol. The van der Waals surface area contributed by atoms with Crippen LogP contribution in [0, 0.1) is 0 Å². The molecule has 21 heavy (non-hydrogen) atoms. The fourth-order valence-corrected chi connectivity index (χ4v) is 3.42. The van der Waals surface area contributed by atoms with Crippen LogP contribution in [0.15, 0.2) is 24.3 Å². The molecule has 0 aromatic heterocycles. The van der Waals surface area contributed by atoms with Crippen molar-refractivity contribution in [2.24, 2.45) is 0 Å². The largest absolute Gasteiger partial charge is 0.495 e. The van der Waals surface area contributed by atoms with Crippen LogP contribution in [0.4, 0.5) is 5.69 Å². The van der Waals surface area contributed by atoms with Gasteiger partial charge in [0.1, 0.15) is 11.9 Å². The molecule has 7 heteroatoms. The van der Waals surface area contributed by atoms with Gasteiger partial charge in [0.25, 0.3) is 0 Å². The number of methoxy groups -OCH3 is 1. The maximum Gasteiger partial charge on any atom is 0.340 e. The summed E-state index contributed by atoms with van der Waals surface area (Å²) in [5.74, 6) is 0.209. The van der Waals surface area contributed by atoms with Crippen molar-refractivity contribution in [3.63, 3.8) is 0 Å². The summed E-state index contributed by atoms with van der Waals surface area (Å²) in [5.41, 5.74) is 0.601. The lowest BCUT2D eigenvalue weighted by atomic mass is 10.2. The molecule has 0 unspecified atom stereocenters. The van der Waals surface area contributed by atoms with Crippen LogP contribution in [-0.2, 0) is 18.4 Å². The smallest absolute Gasteiger partial charge is 0.340 e. The number of rotatable bonds is 8. The van der Waals surface area contributed by atoms with E-state index in [4.69, 9.17) is 13.8 Å². The van der Waals surface area contributed by atoms with E-state index in [1.165, 1.54) is 12.0 Å². The zero-order valence-corrected chi connectivity index (χ0v) is 13.8. The van der Waals surface area contributed by atoms with E-state index < -0.39 is 7.60 Å². The second-order valence-electron chi connectivity index (χ2n) is 4.23. The van der Waals surface area contributed by atoms with E-state index in [-0.39, 0.29) is 25.3 Å². The predicted molar refractivity (Wildman–Crippen MR) is 82.1 cm³/mol. The number of hydrogen-bond acceptors (Lipinski definition) is 5. The molecule has 1 amide bonds. The Morgan fingerprint density at radius 3 is 2.29 bits per heavy atom. The van der Waals surface area contributed by atoms with Gasteiger partial charge in [-0.3, -0.25) is 9.36 Å². The lowest BCUT2D eigenvalue weighted by Crippen LogP contribution is -2.30. The van der Waals surface area contributed by atoms with Crippen molar-refractivity contribution in [3.8, 4) is 5.75 Å². The lowest BCUT2D eigenvalue weighted by Gasteiger charge is -2.22. The van der Waals surface area contributed by atoms with Crippen LogP contribution in [0.5, 0.6) is 5.75 Å². The average Bonchev–Trinajstić information content (AvgIpc) is 2.46. The summed E-state index contributed by atoms with van der Waals surface area (Å²) in [6.07, 6.45) is -0.302. The standard InChI is InChI=1S/C14H22NO5P/c1-5-19-21(17,20-6-2)11-14(16)15(3)12-9-7-8-10-13(12)18-4/h7-10H,5-6,11H2,1-4H3. The van der Waals surface area contributed by atoms with Crippen LogP contribution in [0.25, 0.3) is 0 Å². The van der Waals surface area contributed by atoms with Gasteiger partial charge in [-0.25, -0.2) is 0 Å². The molecule has 0 fully saturated rings. The molecule has 0 radical (unpaired) electrons. The first-order valence-electron chi connectivity index (χ1n) is 6.75. The summed E-state index contributed by atoms with van der Waals surface area (Å²) < 4.78 is 27.9. The molecule has 0 bridgehead atoms. The average molecular weight is 315 g/mol. The van der Waals surface area contributed by atoms with Crippen LogP contribution < -0.4 is 9.64 Å². The third-order valence-electron chi connectivity index (χ3n) is 2.80. The van der Waals surface area contributed by atoms with Crippen molar-refractivity contribution >= 4 is 19.2 Å². The lowest BCUT2D eigenvalue weighted by molar-refractivity contribution is -0.116. The first-order chi connectivity index (χ1) is 9.97. The molecule has 0 spiro atoms. The van der Waals surface area contributed by atoms with E-state index in [1.54, 1.807) is 39.1 Å². The predicted octanol–water partition coefficient (Wildman–Crippen LogP) is 2.92. The first kappa shape index (κ1) is 17.7. The number of ether oxygens (including phenoxy) is 1. The number of nitrogens with zero attached hydrogens (tertiary/aromatic N) is 1. The Kier molecular flexibility index (Phi) is 6.89. The van der Waals surface area contributed by atoms with Crippen molar-refractivity contribution in [1.82, 2.24) is 0 Å². The van der Waals surface area contributed by atoms with E-state index in [1.807, 2.05) is 6.07 Å². The molecule has 118 valence electrons. The van der Waals surface area contributed by atoms with Crippen LogP contribution in [0.3, 0.4) is 0 Å². The van der Waals surface area contributed by atoms with Gasteiger partial charge in [-0.2, -0.15) is 0 Å². The number of hydrogen-bond donors (Lipinski definition) is 0. The van der Waals surface area contributed by atoms with Crippen LogP contribution >= 0.6 is 7.60 Å². The van der Waals surface area contributed by atoms with Gasteiger partial charge in [0, 0.05) is 7.05 Å². The second-order valence-corrected chi connectivity index (χ2v) is 6.28. The van der Waals surface area contributed by atoms with Crippen molar-refractivity contribution in [3.05, 3.63) is 24.3 Å². The molecule has 1 rings (SSSR count). The highest BCUT2D eigenvalue weighted by atomic mass is 31.2. The Hall–Kier alpha value is -1.36. The summed E-state index contributed by atoms with van der Waals surface area (Å²) in [6.45, 7) is 3.87. The fourth-order valence-electron chi connectivity index (χ4n) is 1.83. The zero-order valence-electron chi connectivity index (χ0n) is 12.9. The normalized spacial score (nSPS) is 11.2. The van der Waals surface area contributed by atoms with Crippen LogP contribution in [0.2, 0.25) is 0 Å². The minimum atomic E-state index is -3.41. The molecule has 1 aromatic rings. The van der Waals surface area contributed by atoms with E-state index in [0.717, 1.165) is 0 Å². The third-order valence-corrected chi connectivity index (χ3v) is 4.76. The topological polar surface area (TPSA) is 65.1 Å². The number of benzene rings is 1. The summed E-state index contributed by atoms with van der Waals surface area (Å²) in [4.78, 5) is 13.7. The summed E-state index contributed by atoms with van der Waals surface area (Å²) in [7, 11) is -0.276. The Labute approximate surface area is 125 Å². The van der Waals surface area contributed by atoms with Crippen molar-refractivity contribution in [2.45, 2.75) is 13.8 Å². The molecule has 0 saturated carbocycles. The molecule has 0 heterocycles. The Morgan fingerprint density at radius 1 is 1.19 bits per heavy atom. The van der Waals surface area contributed by atoms with Gasteiger partial charge in [0.05, 0.1) is 26.0 Å². The quantitative estimate of drug-likeness (QED) is 0.690. The molecule has 0 saturated heterocycles. The van der Waals surface area contributed by atoms with Crippen LogP contribution in [0.1, 0.15) is 13.8 Å². The summed E-state index contributed by atoms with van der Waals surface area (Å²) in [6, 6.07) is 7.12. The SMILES string of the molecule is CCOP(=O)(CC(=O)N(C)c1ccccc1OC)OCC. The molecule has 0 aliphatic heterocycles. The molecule has 0 aliphatic carbocycles. The Balaban J connectivity index is 2.89. The fraction of sp³-hybridized carbons (Fsp3) is 0.500. The van der Waals surface area contributed by atoms with E-state index >= 15 is 0 Å². The highest BCUT2D eigenvalue weighted by Crippen LogP contribution is 2.48. The van der Waals surface area contributed by atoms with Gasteiger partial charge in [0.15, 0.2) is 0 Å². The van der Waals surface area contributed by atoms with Gasteiger partial charge in [-0.05, 0) is 26.0 Å². The molecular formula is C14H22NO5P. The van der Waals surface area contributed by atoms with Crippen molar-refractivity contribution < 1.29 is 23.1 Å². The zero-order chi connectivity index (χ0) is 15.9. The number of para-hydroxylation sites is 2. The van der Waals surface area contributed by atoms with Crippen molar-refractivity contribution in [2.75, 3.05) is 38.4 Å². The second kappa shape index (κ2) is 8.17. The van der Waals surface area contributed by atoms with Crippen molar-refractivity contribution in [1.29, 1.82) is 0 Å².